The second-order valence-electron chi connectivity index (χ2n) is 3.63. The molecule has 0 N–H and O–H groups in total. The summed E-state index contributed by atoms with van der Waals surface area (Å²) < 4.78 is 10.5. The van der Waals surface area contributed by atoms with E-state index < -0.39 is 0 Å². The van der Waals surface area contributed by atoms with Crippen molar-refractivity contribution in [3.8, 4) is 5.75 Å². The van der Waals surface area contributed by atoms with Crippen molar-refractivity contribution in [3.63, 3.8) is 0 Å². The Hall–Kier alpha value is -1.77. The molecule has 1 aromatic rings. The molecule has 0 saturated carbocycles. The van der Waals surface area contributed by atoms with Crippen LogP contribution in [0.2, 0.25) is 0 Å². The van der Waals surface area contributed by atoms with Crippen LogP contribution in [0.5, 0.6) is 5.75 Å². The van der Waals surface area contributed by atoms with Gasteiger partial charge in [-0.1, -0.05) is 19.4 Å². The van der Waals surface area contributed by atoms with Gasteiger partial charge in [-0.3, -0.25) is 0 Å². The molecule has 0 radical (unpaired) electrons. The number of carbonyl (C=O) groups excluding carboxylic acids is 1. The number of hydrogen-bond donors (Lipinski definition) is 0. The van der Waals surface area contributed by atoms with Crippen LogP contribution >= 0.6 is 0 Å². The number of ether oxygens (including phenoxy) is 2. The van der Waals surface area contributed by atoms with Gasteiger partial charge in [-0.15, -0.1) is 0 Å². The summed E-state index contributed by atoms with van der Waals surface area (Å²) in [5.74, 6) is 1.02. The van der Waals surface area contributed by atoms with Crippen LogP contribution in [0.3, 0.4) is 0 Å². The summed E-state index contributed by atoms with van der Waals surface area (Å²) >= 11 is 0. The molecule has 2 rings (SSSR count). The number of benzene rings is 1. The van der Waals surface area contributed by atoms with Gasteiger partial charge in [0.1, 0.15) is 11.5 Å². The minimum absolute atomic E-state index is 0.295. The largest absolute Gasteiger partial charge is 0.496 e. The number of cyclic esters (lactones) is 1. The van der Waals surface area contributed by atoms with Gasteiger partial charge < -0.3 is 9.47 Å². The highest BCUT2D eigenvalue weighted by atomic mass is 16.5. The van der Waals surface area contributed by atoms with Gasteiger partial charge in [0.2, 0.25) is 0 Å². The highest BCUT2D eigenvalue weighted by molar-refractivity contribution is 6.04. The van der Waals surface area contributed by atoms with E-state index in [2.05, 4.69) is 6.92 Å². The maximum absolute atomic E-state index is 11.6. The topological polar surface area (TPSA) is 35.5 Å². The van der Waals surface area contributed by atoms with E-state index in [0.29, 0.717) is 17.1 Å². The summed E-state index contributed by atoms with van der Waals surface area (Å²) in [5.41, 5.74) is 1.37. The molecular weight excluding hydrogens is 204 g/mol. The molecule has 84 valence electrons. The summed E-state index contributed by atoms with van der Waals surface area (Å²) in [5, 5.41) is 0. The molecule has 3 nitrogen and oxygen atoms in total. The first-order chi connectivity index (χ1) is 7.77. The van der Waals surface area contributed by atoms with Crippen molar-refractivity contribution in [1.82, 2.24) is 0 Å². The Morgan fingerprint density at radius 1 is 1.44 bits per heavy atom. The molecule has 0 amide bonds. The number of hydrogen-bond acceptors (Lipinski definition) is 3. The first-order valence-electron chi connectivity index (χ1n) is 5.37. The fourth-order valence-electron chi connectivity index (χ4n) is 1.75. The molecule has 0 spiro atoms. The number of carbonyl (C=O) groups is 1. The predicted octanol–water partition coefficient (Wildman–Crippen LogP) is 3.01. The van der Waals surface area contributed by atoms with Crippen molar-refractivity contribution in [2.75, 3.05) is 7.11 Å². The smallest absolute Gasteiger partial charge is 0.344 e. The lowest BCUT2D eigenvalue weighted by Crippen LogP contribution is -1.93. The van der Waals surface area contributed by atoms with Gasteiger partial charge in [0.15, 0.2) is 0 Å². The molecule has 1 aromatic carbocycles. The van der Waals surface area contributed by atoms with E-state index >= 15 is 0 Å². The van der Waals surface area contributed by atoms with Gasteiger partial charge in [-0.2, -0.15) is 0 Å². The number of fused-ring (bicyclic) bond motifs is 1. The van der Waals surface area contributed by atoms with Crippen LogP contribution in [0.15, 0.2) is 24.3 Å². The lowest BCUT2D eigenvalue weighted by Gasteiger charge is -2.05. The predicted molar refractivity (Wildman–Crippen MR) is 61.3 cm³/mol. The molecule has 0 aliphatic carbocycles. The zero-order valence-corrected chi connectivity index (χ0v) is 9.45. The summed E-state index contributed by atoms with van der Waals surface area (Å²) in [6.07, 6.45) is 3.85. The number of esters is 1. The lowest BCUT2D eigenvalue weighted by atomic mass is 10.1. The molecular formula is C13H14O3. The maximum Gasteiger partial charge on any atom is 0.344 e. The molecule has 0 unspecified atom stereocenters. The molecule has 1 heterocycles. The van der Waals surface area contributed by atoms with Crippen molar-refractivity contribution in [1.29, 1.82) is 0 Å². The fourth-order valence-corrected chi connectivity index (χ4v) is 1.75. The monoisotopic (exact) mass is 218 g/mol. The number of methoxy groups -OCH3 is 1. The Labute approximate surface area is 94.7 Å². The van der Waals surface area contributed by atoms with E-state index in [1.54, 1.807) is 19.2 Å². The molecule has 3 heteroatoms. The first-order valence-corrected chi connectivity index (χ1v) is 5.37. The van der Waals surface area contributed by atoms with Gasteiger partial charge in [0.25, 0.3) is 0 Å². The molecule has 1 aliphatic rings. The molecule has 0 saturated heterocycles. The van der Waals surface area contributed by atoms with Gasteiger partial charge in [0, 0.05) is 0 Å². The van der Waals surface area contributed by atoms with E-state index in [-0.39, 0.29) is 5.97 Å². The van der Waals surface area contributed by atoms with Gasteiger partial charge in [-0.05, 0) is 24.6 Å². The van der Waals surface area contributed by atoms with E-state index in [0.717, 1.165) is 18.4 Å². The Bertz CT molecular complexity index is 446. The average molecular weight is 218 g/mol. The summed E-state index contributed by atoms with van der Waals surface area (Å²) in [4.78, 5) is 11.6. The standard InChI is InChI=1S/C13H14O3/c1-3-4-7-11-12-9(13(14)16-11)6-5-8-10(12)15-2/h5-8H,3-4H2,1-2H3. The summed E-state index contributed by atoms with van der Waals surface area (Å²) in [6, 6.07) is 5.38. The molecule has 0 aromatic heterocycles. The van der Waals surface area contributed by atoms with E-state index in [4.69, 9.17) is 9.47 Å². The molecule has 16 heavy (non-hydrogen) atoms. The number of allylic oxidation sites excluding steroid dienone is 1. The molecule has 0 atom stereocenters. The second kappa shape index (κ2) is 4.39. The third-order valence-corrected chi connectivity index (χ3v) is 2.53. The van der Waals surface area contributed by atoms with Crippen LogP contribution in [-0.2, 0) is 4.74 Å². The zero-order valence-electron chi connectivity index (χ0n) is 9.45. The fraction of sp³-hybridized carbons (Fsp3) is 0.308. The van der Waals surface area contributed by atoms with E-state index in [1.165, 1.54) is 0 Å². The Morgan fingerprint density at radius 2 is 2.25 bits per heavy atom. The van der Waals surface area contributed by atoms with Crippen molar-refractivity contribution in [2.24, 2.45) is 0 Å². The van der Waals surface area contributed by atoms with E-state index in [1.807, 2.05) is 12.1 Å². The van der Waals surface area contributed by atoms with Gasteiger partial charge in [-0.25, -0.2) is 4.79 Å². The Balaban J connectivity index is 2.50. The number of unbranched alkanes of at least 4 members (excludes halogenated alkanes) is 1. The quantitative estimate of drug-likeness (QED) is 0.731. The first kappa shape index (κ1) is 10.7. The van der Waals surface area contributed by atoms with Crippen LogP contribution in [0.25, 0.3) is 5.76 Å². The molecule has 1 aliphatic heterocycles. The number of rotatable bonds is 3. The van der Waals surface area contributed by atoms with Crippen LogP contribution in [0, 0.1) is 0 Å². The van der Waals surface area contributed by atoms with E-state index in [9.17, 15) is 4.79 Å². The highest BCUT2D eigenvalue weighted by Gasteiger charge is 2.29. The van der Waals surface area contributed by atoms with Crippen molar-refractivity contribution in [3.05, 3.63) is 35.4 Å². The van der Waals surface area contributed by atoms with Gasteiger partial charge in [0.05, 0.1) is 18.2 Å². The third-order valence-electron chi connectivity index (χ3n) is 2.53. The molecule has 0 fully saturated rings. The Morgan fingerprint density at radius 3 is 2.94 bits per heavy atom. The van der Waals surface area contributed by atoms with Crippen LogP contribution in [0.1, 0.15) is 35.7 Å². The summed E-state index contributed by atoms with van der Waals surface area (Å²) in [7, 11) is 1.59. The normalized spacial score (nSPS) is 16.1. The average Bonchev–Trinajstić information content (AvgIpc) is 2.64. The zero-order chi connectivity index (χ0) is 11.5. The van der Waals surface area contributed by atoms with Crippen LogP contribution in [-0.4, -0.2) is 13.1 Å². The SMILES string of the molecule is CCCC=C1OC(=O)c2cccc(OC)c21. The lowest BCUT2D eigenvalue weighted by molar-refractivity contribution is 0.0715. The van der Waals surface area contributed by atoms with Crippen molar-refractivity contribution in [2.45, 2.75) is 19.8 Å². The minimum Gasteiger partial charge on any atom is -0.496 e. The highest BCUT2D eigenvalue weighted by Crippen LogP contribution is 2.36. The summed E-state index contributed by atoms with van der Waals surface area (Å²) in [6.45, 7) is 2.08. The molecule has 0 bridgehead atoms. The second-order valence-corrected chi connectivity index (χ2v) is 3.63. The van der Waals surface area contributed by atoms with Crippen LogP contribution in [0.4, 0.5) is 0 Å². The Kier molecular flexibility index (Phi) is 2.95. The van der Waals surface area contributed by atoms with Crippen molar-refractivity contribution < 1.29 is 14.3 Å². The van der Waals surface area contributed by atoms with Crippen molar-refractivity contribution >= 4 is 11.7 Å². The third kappa shape index (κ3) is 1.69. The minimum atomic E-state index is -0.295. The maximum atomic E-state index is 11.6. The van der Waals surface area contributed by atoms with Crippen LogP contribution < -0.4 is 4.74 Å². The van der Waals surface area contributed by atoms with Gasteiger partial charge >= 0.3 is 5.97 Å².